The number of nitrogens with zero attached hydrogens (tertiary/aromatic N) is 1. The number of aliphatic hydroxyl groups excluding tert-OH is 2. The van der Waals surface area contributed by atoms with Crippen LogP contribution in [0.5, 0.6) is 28.7 Å². The summed E-state index contributed by atoms with van der Waals surface area (Å²) in [6.07, 6.45) is 10.1. The number of nitrogens with two attached hydrogens (primary N) is 1. The average Bonchev–Trinajstić information content (AvgIpc) is 3.35. The molecule has 4 heterocycles. The van der Waals surface area contributed by atoms with Crippen molar-refractivity contribution in [3.63, 3.8) is 0 Å². The van der Waals surface area contributed by atoms with E-state index in [0.29, 0.717) is 72.5 Å². The minimum atomic E-state index is -1.22. The van der Waals surface area contributed by atoms with E-state index in [1.807, 2.05) is 12.1 Å². The van der Waals surface area contributed by atoms with Gasteiger partial charge < -0.3 is 45.7 Å². The molecule has 14 heteroatoms. The van der Waals surface area contributed by atoms with Crippen LogP contribution in [-0.4, -0.2) is 87.5 Å². The van der Waals surface area contributed by atoms with E-state index in [2.05, 4.69) is 60.3 Å². The predicted molar refractivity (Wildman–Crippen MR) is 282 cm³/mol. The maximum Gasteiger partial charge on any atom is 0.201 e. The highest BCUT2D eigenvalue weighted by atomic mass is 33.1. The van der Waals surface area contributed by atoms with Gasteiger partial charge in [0.1, 0.15) is 18.3 Å². The molecule has 3 aliphatic carbocycles. The molecule has 2 saturated carbocycles. The second-order valence-electron chi connectivity index (χ2n) is 21.3. The molecular formula is C57H72N4O8S2. The van der Waals surface area contributed by atoms with E-state index in [-0.39, 0.29) is 66.6 Å². The number of ketones is 1. The molecule has 2 fully saturated rings. The van der Waals surface area contributed by atoms with Gasteiger partial charge in [0.15, 0.2) is 29.0 Å². The van der Waals surface area contributed by atoms with Gasteiger partial charge in [-0.3, -0.25) is 10.1 Å². The van der Waals surface area contributed by atoms with Crippen molar-refractivity contribution in [3.05, 3.63) is 75.8 Å². The van der Waals surface area contributed by atoms with E-state index in [9.17, 15) is 25.2 Å². The number of phenols is 2. The van der Waals surface area contributed by atoms with E-state index in [1.54, 1.807) is 39.8 Å². The highest BCUT2D eigenvalue weighted by molar-refractivity contribution is 8.76. The molecule has 1 spiro atoms. The Hall–Kier alpha value is -4.70. The number of carbonyl (C=O) groups is 1. The van der Waals surface area contributed by atoms with Crippen molar-refractivity contribution in [2.75, 3.05) is 25.3 Å². The number of hydrogen-bond donors (Lipinski definition) is 7. The molecule has 0 aromatic heterocycles. The second kappa shape index (κ2) is 22.6. The molecule has 3 aromatic carbocycles. The summed E-state index contributed by atoms with van der Waals surface area (Å²) in [6.45, 7) is 4.48. The van der Waals surface area contributed by atoms with Crippen LogP contribution < -0.4 is 30.6 Å². The third-order valence-corrected chi connectivity index (χ3v) is 18.9. The van der Waals surface area contributed by atoms with Crippen LogP contribution in [0.1, 0.15) is 131 Å². The molecule has 10 rings (SSSR count). The van der Waals surface area contributed by atoms with E-state index in [1.165, 1.54) is 19.1 Å². The summed E-state index contributed by atoms with van der Waals surface area (Å²) in [5.41, 5.74) is 11.4. The SMILES string of the molecule is COc1c(O)ccc2c1C#CCc1cc(c3c4c1OCN[C@@]1(CC#C[C@H]5NC(N)=N[C@H](C(C)C)CSSC[C@H]5[C@H](C3)[C@H](O)O4)CCC[C@H](C3(c4cccc(O)c4)CCCCC3)C1)CC[C@@H](O)CC(=O)CC2. The van der Waals surface area contributed by atoms with Gasteiger partial charge in [-0.1, -0.05) is 109 Å². The molecular weight excluding hydrogens is 933 g/mol. The number of aliphatic imine (C=N–C) groups is 1. The second-order valence-corrected chi connectivity index (χ2v) is 23.8. The molecule has 71 heavy (non-hydrogen) atoms. The maximum atomic E-state index is 13.3. The number of guanidine groups is 1. The van der Waals surface area contributed by atoms with Crippen molar-refractivity contribution in [2.45, 2.75) is 158 Å². The Labute approximate surface area is 427 Å². The standard InChI is InChI=1S/C57H72N4O8S2/c1-35(2)49-33-71-70-32-47-46-30-45-37-18-21-43(64)29-42(63)20-17-36-19-22-50(65)52(67-3)44(36)15-7-11-38(27-37)51(53(45)69-54(46)66)68-34-59-56(24-10-16-48(47)60-55(58)61-49)23-9-13-40(31-56)57(25-5-4-6-26-57)39-12-8-14-41(62)28-39/h8,12,14,19,22,27-28,35,40,43,46-49,54,59,62,64-66H,4-6,9,11,13,17-18,20-21,23-26,29-34H2,1-3H3,(H3,58,60,61)/t40-,43+,46-,47-,48+,49-,54+,56+/m0/s1. The van der Waals surface area contributed by atoms with Gasteiger partial charge in [0.05, 0.1) is 30.9 Å². The Morgan fingerprint density at radius 1 is 0.901 bits per heavy atom. The molecule has 0 unspecified atom stereocenters. The van der Waals surface area contributed by atoms with Crippen LogP contribution in [0.15, 0.2) is 47.5 Å². The van der Waals surface area contributed by atoms with Crippen molar-refractivity contribution in [3.8, 4) is 52.4 Å². The van der Waals surface area contributed by atoms with Crippen LogP contribution in [0, 0.1) is 47.4 Å². The largest absolute Gasteiger partial charge is 0.508 e. The number of ether oxygens (including phenoxy) is 3. The average molecular weight is 1010 g/mol. The lowest BCUT2D eigenvalue weighted by atomic mass is 9.56. The van der Waals surface area contributed by atoms with Crippen LogP contribution in [-0.2, 0) is 35.9 Å². The van der Waals surface area contributed by atoms with Crippen molar-refractivity contribution in [1.82, 2.24) is 10.6 Å². The third kappa shape index (κ3) is 11.4. The van der Waals surface area contributed by atoms with E-state index >= 15 is 0 Å². The summed E-state index contributed by atoms with van der Waals surface area (Å²) >= 11 is 0. The maximum absolute atomic E-state index is 13.3. The lowest BCUT2D eigenvalue weighted by molar-refractivity contribution is -0.121. The van der Waals surface area contributed by atoms with Crippen molar-refractivity contribution in [2.24, 2.45) is 34.4 Å². The number of carbonyl (C=O) groups excluding carboxylic acids is 1. The Morgan fingerprint density at radius 3 is 2.54 bits per heavy atom. The number of hydrogen-bond acceptors (Lipinski definition) is 14. The summed E-state index contributed by atoms with van der Waals surface area (Å²) in [6, 6.07) is 13.0. The van der Waals surface area contributed by atoms with Gasteiger partial charge in [-0.2, -0.15) is 0 Å². The Kier molecular flexibility index (Phi) is 16.3. The zero-order chi connectivity index (χ0) is 49.7. The molecule has 8 atom stereocenters. The third-order valence-electron chi connectivity index (χ3n) is 16.4. The number of Topliss-reactive ketones (excluding diaryl/α,β-unsaturated/α-hetero) is 1. The zero-order valence-corrected chi connectivity index (χ0v) is 43.2. The van der Waals surface area contributed by atoms with Gasteiger partial charge in [0.2, 0.25) is 6.29 Å². The number of benzene rings is 3. The fourth-order valence-corrected chi connectivity index (χ4v) is 15.3. The fourth-order valence-electron chi connectivity index (χ4n) is 12.5. The summed E-state index contributed by atoms with van der Waals surface area (Å²) in [5, 5.41) is 52.9. The topological polar surface area (TPSA) is 188 Å². The van der Waals surface area contributed by atoms with Crippen LogP contribution in [0.4, 0.5) is 0 Å². The number of aliphatic hydroxyl groups is 2. The monoisotopic (exact) mass is 1000 g/mol. The molecule has 3 aromatic rings. The highest BCUT2D eigenvalue weighted by Crippen LogP contribution is 2.53. The van der Waals surface area contributed by atoms with E-state index in [4.69, 9.17) is 24.9 Å². The predicted octanol–water partition coefficient (Wildman–Crippen LogP) is 8.24. The van der Waals surface area contributed by atoms with Gasteiger partial charge in [-0.15, -0.1) is 0 Å². The molecule has 6 bridgehead atoms. The zero-order valence-electron chi connectivity index (χ0n) is 41.6. The normalized spacial score (nSPS) is 29.2. The lowest BCUT2D eigenvalue weighted by Gasteiger charge is -2.51. The highest BCUT2D eigenvalue weighted by Gasteiger charge is 2.48. The number of phenolic OH excluding ortho intramolecular Hbond substituents is 2. The minimum absolute atomic E-state index is 0.0111. The van der Waals surface area contributed by atoms with Crippen LogP contribution in [0.2, 0.25) is 0 Å². The van der Waals surface area contributed by atoms with Crippen molar-refractivity contribution in [1.29, 1.82) is 0 Å². The Balaban J connectivity index is 1.17. The van der Waals surface area contributed by atoms with Crippen LogP contribution >= 0.6 is 21.6 Å². The van der Waals surface area contributed by atoms with Gasteiger partial charge >= 0.3 is 0 Å². The van der Waals surface area contributed by atoms with Gasteiger partial charge in [-0.25, -0.2) is 4.99 Å². The number of aromatic hydroxyl groups is 2. The first-order chi connectivity index (χ1) is 34.3. The van der Waals surface area contributed by atoms with E-state index in [0.717, 1.165) is 79.4 Å². The summed E-state index contributed by atoms with van der Waals surface area (Å²) in [5.74, 6) is 17.3. The molecule has 0 radical (unpaired) electrons. The summed E-state index contributed by atoms with van der Waals surface area (Å²) < 4.78 is 19.5. The molecule has 380 valence electrons. The first-order valence-corrected chi connectivity index (χ1v) is 28.4. The van der Waals surface area contributed by atoms with Crippen molar-refractivity contribution >= 4 is 33.3 Å². The smallest absolute Gasteiger partial charge is 0.201 e. The van der Waals surface area contributed by atoms with E-state index < -0.39 is 29.9 Å². The Morgan fingerprint density at radius 2 is 1.73 bits per heavy atom. The number of aryl methyl sites for hydroxylation is 2. The minimum Gasteiger partial charge on any atom is -0.508 e. The first kappa shape index (κ1) is 51.2. The first-order valence-electron chi connectivity index (χ1n) is 25.9. The summed E-state index contributed by atoms with van der Waals surface area (Å²) in [7, 11) is 5.04. The number of rotatable bonds is 4. The van der Waals surface area contributed by atoms with Crippen LogP contribution in [0.3, 0.4) is 0 Å². The summed E-state index contributed by atoms with van der Waals surface area (Å²) in [4.78, 5) is 18.3. The Bertz CT molecular complexity index is 2580. The van der Waals surface area contributed by atoms with Gasteiger partial charge in [0, 0.05) is 65.7 Å². The lowest BCUT2D eigenvalue weighted by Crippen LogP contribution is -2.54. The molecule has 0 saturated heterocycles. The molecule has 7 aliphatic rings. The molecule has 8 N–H and O–H groups in total. The quantitative estimate of drug-likeness (QED) is 0.0980. The number of nitrogens with one attached hydrogen (secondary N) is 2. The molecule has 12 nitrogen and oxygen atoms in total. The van der Waals surface area contributed by atoms with Crippen molar-refractivity contribution < 1.29 is 39.4 Å². The number of methoxy groups -OCH3 is 1. The van der Waals surface area contributed by atoms with Crippen LogP contribution in [0.25, 0.3) is 0 Å². The van der Waals surface area contributed by atoms with Gasteiger partial charge in [0.25, 0.3) is 0 Å². The number of fused-ring (bicyclic) bond motifs is 7. The molecule has 4 aliphatic heterocycles. The fraction of sp³-hybridized carbons (Fsp3) is 0.579. The molecule has 0 amide bonds. The van der Waals surface area contributed by atoms with Gasteiger partial charge in [-0.05, 0) is 110 Å².